The van der Waals surface area contributed by atoms with Crippen molar-refractivity contribution in [1.82, 2.24) is 5.32 Å². The van der Waals surface area contributed by atoms with Crippen LogP contribution in [0.25, 0.3) is 0 Å². The highest BCUT2D eigenvalue weighted by Gasteiger charge is 2.21. The molecule has 0 aromatic heterocycles. The second kappa shape index (κ2) is 8.35. The average molecular weight is 290 g/mol. The molecule has 3 heteroatoms. The fraction of sp³-hybridized carbons (Fsp3) is 0.588. The second-order valence-corrected chi connectivity index (χ2v) is 6.49. The summed E-state index contributed by atoms with van der Waals surface area (Å²) in [6, 6.07) is 11.1. The predicted molar refractivity (Wildman–Crippen MR) is 90.4 cm³/mol. The largest absolute Gasteiger partial charge is 0.357 e. The van der Waals surface area contributed by atoms with Crippen LogP contribution in [0, 0.1) is 5.92 Å². The van der Waals surface area contributed by atoms with Crippen LogP contribution in [0.3, 0.4) is 0 Å². The van der Waals surface area contributed by atoms with Crippen molar-refractivity contribution in [3.63, 3.8) is 0 Å². The van der Waals surface area contributed by atoms with Crippen LogP contribution < -0.4 is 5.32 Å². The van der Waals surface area contributed by atoms with Gasteiger partial charge in [-0.05, 0) is 17.9 Å². The van der Waals surface area contributed by atoms with Gasteiger partial charge in [-0.3, -0.25) is 4.99 Å². The van der Waals surface area contributed by atoms with Gasteiger partial charge in [-0.15, -0.1) is 0 Å². The molecule has 1 fully saturated rings. The van der Waals surface area contributed by atoms with Crippen molar-refractivity contribution >= 4 is 16.9 Å². The smallest absolute Gasteiger partial charge is 0.157 e. The monoisotopic (exact) mass is 290 g/mol. The Morgan fingerprint density at radius 3 is 2.80 bits per heavy atom. The third-order valence-corrected chi connectivity index (χ3v) is 4.94. The zero-order valence-corrected chi connectivity index (χ0v) is 13.5. The Morgan fingerprint density at radius 2 is 2.10 bits per heavy atom. The number of amidine groups is 1. The van der Waals surface area contributed by atoms with Crippen LogP contribution in [0.1, 0.15) is 51.1 Å². The molecule has 2 unspecified atom stereocenters. The van der Waals surface area contributed by atoms with E-state index in [1.54, 1.807) is 0 Å². The van der Waals surface area contributed by atoms with Crippen LogP contribution in [-0.2, 0) is 0 Å². The highest BCUT2D eigenvalue weighted by atomic mass is 32.2. The average Bonchev–Trinajstić information content (AvgIpc) is 2.97. The molecule has 0 aliphatic carbocycles. The van der Waals surface area contributed by atoms with Crippen molar-refractivity contribution in [1.29, 1.82) is 0 Å². The van der Waals surface area contributed by atoms with Crippen LogP contribution in [0.4, 0.5) is 0 Å². The fourth-order valence-electron chi connectivity index (χ4n) is 2.48. The van der Waals surface area contributed by atoms with E-state index < -0.39 is 0 Å². The predicted octanol–water partition coefficient (Wildman–Crippen LogP) is 4.64. The van der Waals surface area contributed by atoms with E-state index in [4.69, 9.17) is 4.99 Å². The summed E-state index contributed by atoms with van der Waals surface area (Å²) in [5.41, 5.74) is 1.36. The Bertz CT molecular complexity index is 416. The molecule has 1 aromatic carbocycles. The topological polar surface area (TPSA) is 24.4 Å². The summed E-state index contributed by atoms with van der Waals surface area (Å²) in [6.07, 6.45) is 5.17. The van der Waals surface area contributed by atoms with E-state index in [1.807, 2.05) is 11.8 Å². The van der Waals surface area contributed by atoms with Crippen molar-refractivity contribution in [2.75, 3.05) is 12.3 Å². The van der Waals surface area contributed by atoms with E-state index in [0.29, 0.717) is 6.04 Å². The molecule has 20 heavy (non-hydrogen) atoms. The molecule has 2 rings (SSSR count). The summed E-state index contributed by atoms with van der Waals surface area (Å²) in [7, 11) is 0. The first-order valence-electron chi connectivity index (χ1n) is 7.82. The number of thioether (sulfide) groups is 1. The zero-order valence-electron chi connectivity index (χ0n) is 12.6. The third kappa shape index (κ3) is 4.55. The van der Waals surface area contributed by atoms with Crippen molar-refractivity contribution in [3.8, 4) is 0 Å². The molecule has 0 bridgehead atoms. The third-order valence-electron chi connectivity index (χ3n) is 3.92. The highest BCUT2D eigenvalue weighted by Crippen LogP contribution is 2.26. The maximum atomic E-state index is 4.79. The van der Waals surface area contributed by atoms with Gasteiger partial charge in [0.15, 0.2) is 5.17 Å². The van der Waals surface area contributed by atoms with Crippen LogP contribution in [0.5, 0.6) is 0 Å². The number of benzene rings is 1. The van der Waals surface area contributed by atoms with Crippen LogP contribution in [0.15, 0.2) is 35.3 Å². The number of nitrogens with zero attached hydrogens (tertiary/aromatic N) is 1. The van der Waals surface area contributed by atoms with Crippen molar-refractivity contribution in [2.45, 2.75) is 45.6 Å². The van der Waals surface area contributed by atoms with Gasteiger partial charge in [0.1, 0.15) is 0 Å². The molecule has 1 aromatic rings. The van der Waals surface area contributed by atoms with Gasteiger partial charge in [0.25, 0.3) is 0 Å². The van der Waals surface area contributed by atoms with Gasteiger partial charge >= 0.3 is 0 Å². The van der Waals surface area contributed by atoms with Gasteiger partial charge in [-0.25, -0.2) is 0 Å². The van der Waals surface area contributed by atoms with Gasteiger partial charge in [-0.1, -0.05) is 75.2 Å². The lowest BCUT2D eigenvalue weighted by Crippen LogP contribution is -2.20. The SMILES string of the molecule is CCCCC(CC)CN=C1NC(c2ccccc2)CS1. The Hall–Kier alpha value is -0.960. The summed E-state index contributed by atoms with van der Waals surface area (Å²) in [4.78, 5) is 4.79. The number of unbranched alkanes of at least 4 members (excludes halogenated alkanes) is 1. The van der Waals surface area contributed by atoms with Gasteiger partial charge in [-0.2, -0.15) is 0 Å². The van der Waals surface area contributed by atoms with Gasteiger partial charge in [0.2, 0.25) is 0 Å². The van der Waals surface area contributed by atoms with E-state index >= 15 is 0 Å². The molecule has 2 nitrogen and oxygen atoms in total. The Kier molecular flexibility index (Phi) is 6.44. The van der Waals surface area contributed by atoms with Crippen LogP contribution in [-0.4, -0.2) is 17.5 Å². The summed E-state index contributed by atoms with van der Waals surface area (Å²) in [6.45, 7) is 5.52. The highest BCUT2D eigenvalue weighted by molar-refractivity contribution is 8.14. The molecule has 1 saturated heterocycles. The molecule has 1 N–H and O–H groups in total. The molecular formula is C17H26N2S. The van der Waals surface area contributed by atoms with Crippen LogP contribution >= 0.6 is 11.8 Å². The summed E-state index contributed by atoms with van der Waals surface area (Å²) < 4.78 is 0. The standard InChI is InChI=1S/C17H26N2S/c1-3-5-9-14(4-2)12-18-17-19-16(13-20-17)15-10-7-6-8-11-15/h6-8,10-11,14,16H,3-5,9,12-13H2,1-2H3,(H,18,19). The van der Waals surface area contributed by atoms with Gasteiger partial charge in [0.05, 0.1) is 6.04 Å². The zero-order chi connectivity index (χ0) is 14.2. The fourth-order valence-corrected chi connectivity index (χ4v) is 3.47. The maximum Gasteiger partial charge on any atom is 0.157 e. The summed E-state index contributed by atoms with van der Waals surface area (Å²) in [5.74, 6) is 1.84. The Labute approximate surface area is 127 Å². The lowest BCUT2D eigenvalue weighted by molar-refractivity contribution is 0.462. The molecular weight excluding hydrogens is 264 g/mol. The molecule has 1 heterocycles. The molecule has 0 amide bonds. The van der Waals surface area contributed by atoms with E-state index in [9.17, 15) is 0 Å². The molecule has 0 spiro atoms. The first-order chi connectivity index (χ1) is 9.83. The summed E-state index contributed by atoms with van der Waals surface area (Å²) >= 11 is 1.86. The minimum atomic E-state index is 0.427. The maximum absolute atomic E-state index is 4.79. The lowest BCUT2D eigenvalue weighted by atomic mass is 10.00. The van der Waals surface area contributed by atoms with E-state index in [1.165, 1.54) is 31.2 Å². The van der Waals surface area contributed by atoms with E-state index in [-0.39, 0.29) is 0 Å². The quantitative estimate of drug-likeness (QED) is 0.791. The normalized spacial score (nSPS) is 21.9. The molecule has 110 valence electrons. The van der Waals surface area contributed by atoms with Gasteiger partial charge in [0, 0.05) is 12.3 Å². The molecule has 0 radical (unpaired) electrons. The molecule has 1 aliphatic rings. The first-order valence-corrected chi connectivity index (χ1v) is 8.80. The molecule has 2 atom stereocenters. The number of hydrogen-bond donors (Lipinski definition) is 1. The molecule has 1 aliphatic heterocycles. The summed E-state index contributed by atoms with van der Waals surface area (Å²) in [5, 5.41) is 4.69. The molecule has 0 saturated carbocycles. The number of hydrogen-bond acceptors (Lipinski definition) is 2. The Balaban J connectivity index is 1.84. The second-order valence-electron chi connectivity index (χ2n) is 5.48. The van der Waals surface area contributed by atoms with E-state index in [2.05, 4.69) is 49.5 Å². The van der Waals surface area contributed by atoms with Crippen molar-refractivity contribution in [2.24, 2.45) is 10.9 Å². The number of rotatable bonds is 7. The van der Waals surface area contributed by atoms with Crippen LogP contribution in [0.2, 0.25) is 0 Å². The van der Waals surface area contributed by atoms with Crippen molar-refractivity contribution in [3.05, 3.63) is 35.9 Å². The van der Waals surface area contributed by atoms with Gasteiger partial charge < -0.3 is 5.32 Å². The van der Waals surface area contributed by atoms with E-state index in [0.717, 1.165) is 23.4 Å². The number of nitrogens with one attached hydrogen (secondary N) is 1. The minimum absolute atomic E-state index is 0.427. The Morgan fingerprint density at radius 1 is 1.30 bits per heavy atom. The lowest BCUT2D eigenvalue weighted by Gasteiger charge is -2.12. The number of aliphatic imine (C=N–C) groups is 1. The van der Waals surface area contributed by atoms with Crippen molar-refractivity contribution < 1.29 is 0 Å². The minimum Gasteiger partial charge on any atom is -0.357 e. The first kappa shape index (κ1) is 15.4.